The summed E-state index contributed by atoms with van der Waals surface area (Å²) in [4.78, 5) is -0.349. The van der Waals surface area contributed by atoms with Crippen LogP contribution in [-0.2, 0) is 16.2 Å². The summed E-state index contributed by atoms with van der Waals surface area (Å²) in [5, 5.41) is 0.355. The average Bonchev–Trinajstić information content (AvgIpc) is 2.36. The van der Waals surface area contributed by atoms with Gasteiger partial charge in [0.1, 0.15) is 0 Å². The summed E-state index contributed by atoms with van der Waals surface area (Å²) in [6, 6.07) is 3.15. The van der Waals surface area contributed by atoms with Crippen molar-refractivity contribution >= 4 is 26.0 Å². The van der Waals surface area contributed by atoms with Crippen molar-refractivity contribution in [3.63, 3.8) is 0 Å². The molecule has 0 radical (unpaired) electrons. The van der Waals surface area contributed by atoms with Crippen molar-refractivity contribution < 1.29 is 21.6 Å². The summed E-state index contributed by atoms with van der Waals surface area (Å²) in [5.74, 6) is 0. The molecule has 1 atom stereocenters. The van der Waals surface area contributed by atoms with Gasteiger partial charge in [-0.3, -0.25) is 0 Å². The van der Waals surface area contributed by atoms with Crippen LogP contribution in [0.2, 0.25) is 0 Å². The zero-order valence-corrected chi connectivity index (χ0v) is 14.3. The van der Waals surface area contributed by atoms with Crippen molar-refractivity contribution in [1.82, 2.24) is 4.72 Å². The topological polar surface area (TPSA) is 46.2 Å². The van der Waals surface area contributed by atoms with Gasteiger partial charge in [0.2, 0.25) is 10.0 Å². The molecule has 0 spiro atoms. The second kappa shape index (κ2) is 6.26. The lowest BCUT2D eigenvalue weighted by atomic mass is 10.0. The lowest BCUT2D eigenvalue weighted by Gasteiger charge is -2.27. The molecule has 21 heavy (non-hydrogen) atoms. The fourth-order valence-corrected chi connectivity index (χ4v) is 4.25. The van der Waals surface area contributed by atoms with E-state index in [0.717, 1.165) is 19.1 Å². The number of alkyl halides is 4. The predicted molar refractivity (Wildman–Crippen MR) is 79.0 cm³/mol. The molecule has 1 aromatic carbocycles. The van der Waals surface area contributed by atoms with E-state index in [4.69, 9.17) is 0 Å². The van der Waals surface area contributed by atoms with Crippen molar-refractivity contribution in [3.05, 3.63) is 29.3 Å². The first kappa shape index (κ1) is 18.4. The highest BCUT2D eigenvalue weighted by atomic mass is 79.9. The standard InChI is InChI=1S/C13H17BrF3NO2S/c1-4-12(3,8-14)18-21(19,20)11-7-5-6-10(9(11)2)13(15,16)17/h5-7,18H,4,8H2,1-3H3. The summed E-state index contributed by atoms with van der Waals surface area (Å²) in [5.41, 5.74) is -2.01. The van der Waals surface area contributed by atoms with E-state index < -0.39 is 27.3 Å². The van der Waals surface area contributed by atoms with Gasteiger partial charge in [-0.1, -0.05) is 28.9 Å². The first-order valence-electron chi connectivity index (χ1n) is 6.23. The maximum Gasteiger partial charge on any atom is 0.416 e. The van der Waals surface area contributed by atoms with Crippen LogP contribution in [0.5, 0.6) is 0 Å². The van der Waals surface area contributed by atoms with Crippen molar-refractivity contribution in [2.75, 3.05) is 5.33 Å². The molecule has 0 fully saturated rings. The van der Waals surface area contributed by atoms with Crippen LogP contribution >= 0.6 is 15.9 Å². The van der Waals surface area contributed by atoms with Gasteiger partial charge in [-0.05, 0) is 38.0 Å². The number of sulfonamides is 1. The van der Waals surface area contributed by atoms with Gasteiger partial charge in [-0.15, -0.1) is 0 Å². The minimum atomic E-state index is -4.58. The molecule has 120 valence electrons. The SMILES string of the molecule is CCC(C)(CBr)NS(=O)(=O)c1cccc(C(F)(F)F)c1C. The molecule has 0 aromatic heterocycles. The smallest absolute Gasteiger partial charge is 0.207 e. The highest BCUT2D eigenvalue weighted by molar-refractivity contribution is 9.09. The van der Waals surface area contributed by atoms with E-state index in [1.165, 1.54) is 6.07 Å². The molecule has 1 unspecified atom stereocenters. The fourth-order valence-electron chi connectivity index (χ4n) is 1.79. The first-order chi connectivity index (χ1) is 9.47. The number of hydrogen-bond donors (Lipinski definition) is 1. The molecule has 0 bridgehead atoms. The summed E-state index contributed by atoms with van der Waals surface area (Å²) in [6.45, 7) is 4.64. The van der Waals surface area contributed by atoms with Crippen LogP contribution < -0.4 is 4.72 Å². The maximum atomic E-state index is 12.9. The van der Waals surface area contributed by atoms with Crippen molar-refractivity contribution in [1.29, 1.82) is 0 Å². The van der Waals surface area contributed by atoms with Gasteiger partial charge >= 0.3 is 6.18 Å². The van der Waals surface area contributed by atoms with E-state index in [0.29, 0.717) is 11.8 Å². The Balaban J connectivity index is 3.34. The molecule has 1 aromatic rings. The van der Waals surface area contributed by atoms with Crippen molar-refractivity contribution in [2.24, 2.45) is 0 Å². The van der Waals surface area contributed by atoms with Crippen LogP contribution in [-0.4, -0.2) is 19.3 Å². The Morgan fingerprint density at radius 1 is 1.29 bits per heavy atom. The number of nitrogens with one attached hydrogen (secondary N) is 1. The molecular formula is C13H17BrF3NO2S. The van der Waals surface area contributed by atoms with E-state index in [1.807, 2.05) is 0 Å². The predicted octanol–water partition coefficient (Wildman–Crippen LogP) is 3.86. The molecule has 0 aliphatic carbocycles. The third-order valence-electron chi connectivity index (χ3n) is 3.34. The fraction of sp³-hybridized carbons (Fsp3) is 0.538. The molecule has 0 saturated carbocycles. The van der Waals surface area contributed by atoms with Gasteiger partial charge in [0.15, 0.2) is 0 Å². The zero-order chi connectivity index (χ0) is 16.5. The number of benzene rings is 1. The van der Waals surface area contributed by atoms with E-state index in [9.17, 15) is 21.6 Å². The summed E-state index contributed by atoms with van der Waals surface area (Å²) in [6.07, 6.45) is -4.09. The van der Waals surface area contributed by atoms with Crippen molar-refractivity contribution in [3.8, 4) is 0 Å². The number of hydrogen-bond acceptors (Lipinski definition) is 2. The van der Waals surface area contributed by atoms with E-state index in [2.05, 4.69) is 20.7 Å². The normalized spacial score (nSPS) is 15.8. The second-order valence-corrected chi connectivity index (χ2v) is 7.29. The molecule has 8 heteroatoms. The van der Waals surface area contributed by atoms with Gasteiger partial charge in [-0.25, -0.2) is 13.1 Å². The Hall–Kier alpha value is -0.600. The highest BCUT2D eigenvalue weighted by Crippen LogP contribution is 2.34. The molecule has 1 rings (SSSR count). The Labute approximate surface area is 131 Å². The van der Waals surface area contributed by atoms with Gasteiger partial charge in [0.25, 0.3) is 0 Å². The molecule has 3 nitrogen and oxygen atoms in total. The molecular weight excluding hydrogens is 371 g/mol. The Bertz CT molecular complexity index is 610. The second-order valence-electron chi connectivity index (χ2n) is 5.08. The van der Waals surface area contributed by atoms with Crippen LogP contribution in [0.4, 0.5) is 13.2 Å². The van der Waals surface area contributed by atoms with Gasteiger partial charge in [0, 0.05) is 10.9 Å². The minimum absolute atomic E-state index is 0.300. The lowest BCUT2D eigenvalue weighted by molar-refractivity contribution is -0.138. The Morgan fingerprint density at radius 3 is 2.29 bits per heavy atom. The summed E-state index contributed by atoms with van der Waals surface area (Å²) >= 11 is 3.22. The molecule has 1 N–H and O–H groups in total. The van der Waals surface area contributed by atoms with E-state index in [1.54, 1.807) is 13.8 Å². The third-order valence-corrected chi connectivity index (χ3v) is 6.36. The van der Waals surface area contributed by atoms with Gasteiger partial charge in [-0.2, -0.15) is 13.2 Å². The lowest BCUT2D eigenvalue weighted by Crippen LogP contribution is -2.47. The van der Waals surface area contributed by atoms with E-state index in [-0.39, 0.29) is 10.5 Å². The first-order valence-corrected chi connectivity index (χ1v) is 8.84. The van der Waals surface area contributed by atoms with Crippen LogP contribution in [0.25, 0.3) is 0 Å². The van der Waals surface area contributed by atoms with Crippen LogP contribution in [0.15, 0.2) is 23.1 Å². The molecule has 0 amide bonds. The highest BCUT2D eigenvalue weighted by Gasteiger charge is 2.36. The Kier molecular flexibility index (Phi) is 5.50. The monoisotopic (exact) mass is 387 g/mol. The minimum Gasteiger partial charge on any atom is -0.207 e. The maximum absolute atomic E-state index is 12.9. The van der Waals surface area contributed by atoms with Crippen molar-refractivity contribution in [2.45, 2.75) is 43.8 Å². The quantitative estimate of drug-likeness (QED) is 0.779. The number of rotatable bonds is 5. The van der Waals surface area contributed by atoms with Crippen LogP contribution in [0.3, 0.4) is 0 Å². The van der Waals surface area contributed by atoms with Gasteiger partial charge < -0.3 is 0 Å². The molecule has 0 heterocycles. The number of halogens is 4. The zero-order valence-electron chi connectivity index (χ0n) is 11.9. The largest absolute Gasteiger partial charge is 0.416 e. The van der Waals surface area contributed by atoms with Gasteiger partial charge in [0.05, 0.1) is 10.5 Å². The summed E-state index contributed by atoms with van der Waals surface area (Å²) in [7, 11) is -4.04. The van der Waals surface area contributed by atoms with Crippen LogP contribution in [0.1, 0.15) is 31.4 Å². The Morgan fingerprint density at radius 2 is 1.86 bits per heavy atom. The van der Waals surface area contributed by atoms with Crippen LogP contribution in [0, 0.1) is 6.92 Å². The molecule has 0 aliphatic rings. The third kappa shape index (κ3) is 4.20. The average molecular weight is 388 g/mol. The molecule has 0 aliphatic heterocycles. The summed E-state index contributed by atoms with van der Waals surface area (Å²) < 4.78 is 65.8. The van der Waals surface area contributed by atoms with E-state index >= 15 is 0 Å². The molecule has 0 saturated heterocycles.